The van der Waals surface area contributed by atoms with Gasteiger partial charge in [0.1, 0.15) is 5.15 Å². The second-order valence-electron chi connectivity index (χ2n) is 3.59. The second-order valence-corrected chi connectivity index (χ2v) is 4.73. The maximum Gasteiger partial charge on any atom is 0.168 e. The third-order valence-electron chi connectivity index (χ3n) is 2.45. The van der Waals surface area contributed by atoms with Gasteiger partial charge in [-0.05, 0) is 18.4 Å². The van der Waals surface area contributed by atoms with Crippen LogP contribution in [0, 0.1) is 6.92 Å². The Balaban J connectivity index is 2.25. The van der Waals surface area contributed by atoms with E-state index in [0.29, 0.717) is 11.6 Å². The van der Waals surface area contributed by atoms with Crippen LogP contribution in [-0.2, 0) is 13.5 Å². The Labute approximate surface area is 103 Å². The third-order valence-corrected chi connectivity index (χ3v) is 3.61. The van der Waals surface area contributed by atoms with Crippen LogP contribution in [-0.4, -0.2) is 15.6 Å². The van der Waals surface area contributed by atoms with E-state index in [1.807, 2.05) is 23.8 Å². The van der Waals surface area contributed by atoms with Crippen molar-refractivity contribution in [3.05, 3.63) is 38.8 Å². The minimum absolute atomic E-state index is 0.0826. The molecule has 16 heavy (non-hydrogen) atoms. The number of ketones is 1. The molecule has 2 aromatic rings. The van der Waals surface area contributed by atoms with E-state index in [1.165, 1.54) is 11.3 Å². The van der Waals surface area contributed by atoms with Crippen molar-refractivity contribution in [2.24, 2.45) is 7.05 Å². The highest BCUT2D eigenvalue weighted by Crippen LogP contribution is 2.21. The molecule has 0 aliphatic heterocycles. The molecule has 0 radical (unpaired) electrons. The van der Waals surface area contributed by atoms with Gasteiger partial charge in [0.05, 0.1) is 5.69 Å². The van der Waals surface area contributed by atoms with Gasteiger partial charge in [0.25, 0.3) is 0 Å². The van der Waals surface area contributed by atoms with Gasteiger partial charge in [0.2, 0.25) is 0 Å². The zero-order chi connectivity index (χ0) is 11.7. The number of aromatic nitrogens is 2. The number of carbonyl (C=O) groups is 1. The van der Waals surface area contributed by atoms with Gasteiger partial charge in [-0.25, -0.2) is 0 Å². The lowest BCUT2D eigenvalue weighted by molar-refractivity contribution is 0.0993. The van der Waals surface area contributed by atoms with Gasteiger partial charge in [0.15, 0.2) is 5.78 Å². The number of rotatable bonds is 3. The fourth-order valence-electron chi connectivity index (χ4n) is 1.56. The molecule has 0 spiro atoms. The van der Waals surface area contributed by atoms with Gasteiger partial charge >= 0.3 is 0 Å². The minimum atomic E-state index is 0.0826. The normalized spacial score (nSPS) is 10.7. The number of thiophene rings is 1. The van der Waals surface area contributed by atoms with Crippen molar-refractivity contribution in [3.8, 4) is 0 Å². The molecule has 0 saturated heterocycles. The first-order chi connectivity index (χ1) is 7.59. The summed E-state index contributed by atoms with van der Waals surface area (Å²) in [6, 6.07) is 1.83. The van der Waals surface area contributed by atoms with E-state index in [1.54, 1.807) is 11.7 Å². The van der Waals surface area contributed by atoms with Crippen molar-refractivity contribution in [2.45, 2.75) is 13.3 Å². The number of hydrogen-bond donors (Lipinski definition) is 0. The Morgan fingerprint density at radius 2 is 2.38 bits per heavy atom. The minimum Gasteiger partial charge on any atom is -0.294 e. The van der Waals surface area contributed by atoms with Crippen LogP contribution in [0.5, 0.6) is 0 Å². The maximum atomic E-state index is 11.9. The predicted molar refractivity (Wildman–Crippen MR) is 65.3 cm³/mol. The van der Waals surface area contributed by atoms with E-state index in [0.717, 1.165) is 16.8 Å². The number of carbonyl (C=O) groups excluding carboxylic acids is 1. The zero-order valence-electron chi connectivity index (χ0n) is 9.03. The summed E-state index contributed by atoms with van der Waals surface area (Å²) in [5, 5.41) is 8.47. The van der Waals surface area contributed by atoms with E-state index in [9.17, 15) is 4.79 Å². The van der Waals surface area contributed by atoms with E-state index in [4.69, 9.17) is 11.6 Å². The maximum absolute atomic E-state index is 11.9. The monoisotopic (exact) mass is 254 g/mol. The molecule has 0 unspecified atom stereocenters. The van der Waals surface area contributed by atoms with Crippen LogP contribution in [0.2, 0.25) is 5.15 Å². The van der Waals surface area contributed by atoms with Crippen molar-refractivity contribution in [2.75, 3.05) is 0 Å². The van der Waals surface area contributed by atoms with Crippen LogP contribution < -0.4 is 0 Å². The van der Waals surface area contributed by atoms with Crippen LogP contribution in [0.15, 0.2) is 16.8 Å². The summed E-state index contributed by atoms with van der Waals surface area (Å²) in [7, 11) is 1.77. The van der Waals surface area contributed by atoms with Crippen molar-refractivity contribution < 1.29 is 4.79 Å². The van der Waals surface area contributed by atoms with Gasteiger partial charge in [0, 0.05) is 30.0 Å². The van der Waals surface area contributed by atoms with Crippen molar-refractivity contribution in [1.82, 2.24) is 9.78 Å². The second kappa shape index (κ2) is 4.39. The lowest BCUT2D eigenvalue weighted by Crippen LogP contribution is -2.03. The van der Waals surface area contributed by atoms with E-state index < -0.39 is 0 Å². The summed E-state index contributed by atoms with van der Waals surface area (Å²) in [4.78, 5) is 11.9. The Morgan fingerprint density at radius 1 is 1.62 bits per heavy atom. The fourth-order valence-corrected chi connectivity index (χ4v) is 2.46. The Kier molecular flexibility index (Phi) is 3.12. The largest absolute Gasteiger partial charge is 0.294 e. The van der Waals surface area contributed by atoms with Crippen LogP contribution in [0.3, 0.4) is 0 Å². The van der Waals surface area contributed by atoms with Gasteiger partial charge in [-0.15, -0.1) is 0 Å². The summed E-state index contributed by atoms with van der Waals surface area (Å²) in [6.07, 6.45) is 0.315. The standard InChI is InChI=1S/C11H11ClN2OS/c1-7-9(11(12)14(2)13-7)5-10(15)8-3-4-16-6-8/h3-4,6H,5H2,1-2H3. The molecule has 0 amide bonds. The molecule has 2 aromatic heterocycles. The smallest absolute Gasteiger partial charge is 0.168 e. The van der Waals surface area contributed by atoms with Crippen molar-refractivity contribution in [1.29, 1.82) is 0 Å². The average Bonchev–Trinajstić information content (AvgIpc) is 2.83. The first-order valence-electron chi connectivity index (χ1n) is 4.83. The molecule has 0 aromatic carbocycles. The molecule has 0 bridgehead atoms. The van der Waals surface area contributed by atoms with Gasteiger partial charge in [-0.3, -0.25) is 9.48 Å². The van der Waals surface area contributed by atoms with Crippen LogP contribution >= 0.6 is 22.9 Å². The number of hydrogen-bond acceptors (Lipinski definition) is 3. The fraction of sp³-hybridized carbons (Fsp3) is 0.273. The van der Waals surface area contributed by atoms with Crippen LogP contribution in [0.1, 0.15) is 21.6 Å². The summed E-state index contributed by atoms with van der Waals surface area (Å²) in [5.41, 5.74) is 2.38. The SMILES string of the molecule is Cc1nn(C)c(Cl)c1CC(=O)c1ccsc1. The number of halogens is 1. The first-order valence-corrected chi connectivity index (χ1v) is 6.15. The van der Waals surface area contributed by atoms with Gasteiger partial charge in [-0.1, -0.05) is 11.6 Å². The summed E-state index contributed by atoms with van der Waals surface area (Å²) in [5.74, 6) is 0.0826. The molecule has 2 heterocycles. The molecule has 5 heteroatoms. The topological polar surface area (TPSA) is 34.9 Å². The molecule has 0 atom stereocenters. The van der Waals surface area contributed by atoms with Gasteiger partial charge in [-0.2, -0.15) is 16.4 Å². The summed E-state index contributed by atoms with van der Waals surface area (Å²) >= 11 is 7.59. The number of Topliss-reactive ketones (excluding diaryl/α,β-unsaturated/α-hetero) is 1. The molecule has 3 nitrogen and oxygen atoms in total. The molecule has 0 aliphatic rings. The Hall–Kier alpha value is -1.13. The molecule has 0 aliphatic carbocycles. The van der Waals surface area contributed by atoms with Crippen LogP contribution in [0.25, 0.3) is 0 Å². The molecule has 0 N–H and O–H groups in total. The molecule has 2 rings (SSSR count). The Morgan fingerprint density at radius 3 is 2.88 bits per heavy atom. The molecular formula is C11H11ClN2OS. The van der Waals surface area contributed by atoms with E-state index in [2.05, 4.69) is 5.10 Å². The number of nitrogens with zero attached hydrogens (tertiary/aromatic N) is 2. The highest BCUT2D eigenvalue weighted by Gasteiger charge is 2.16. The third kappa shape index (κ3) is 2.03. The highest BCUT2D eigenvalue weighted by atomic mass is 35.5. The highest BCUT2D eigenvalue weighted by molar-refractivity contribution is 7.08. The zero-order valence-corrected chi connectivity index (χ0v) is 10.6. The molecular weight excluding hydrogens is 244 g/mol. The number of aryl methyl sites for hydroxylation is 2. The predicted octanol–water partition coefficient (Wildman–Crippen LogP) is 2.87. The van der Waals surface area contributed by atoms with Crippen molar-refractivity contribution >= 4 is 28.7 Å². The average molecular weight is 255 g/mol. The molecule has 84 valence electrons. The van der Waals surface area contributed by atoms with E-state index in [-0.39, 0.29) is 5.78 Å². The summed E-state index contributed by atoms with van der Waals surface area (Å²) < 4.78 is 1.59. The summed E-state index contributed by atoms with van der Waals surface area (Å²) in [6.45, 7) is 1.86. The van der Waals surface area contributed by atoms with Crippen molar-refractivity contribution in [3.63, 3.8) is 0 Å². The van der Waals surface area contributed by atoms with Crippen LogP contribution in [0.4, 0.5) is 0 Å². The first kappa shape index (κ1) is 11.4. The Bertz CT molecular complexity index is 516. The quantitative estimate of drug-likeness (QED) is 0.790. The lowest BCUT2D eigenvalue weighted by atomic mass is 10.1. The van der Waals surface area contributed by atoms with Gasteiger partial charge < -0.3 is 0 Å². The van der Waals surface area contributed by atoms with E-state index >= 15 is 0 Å². The molecule has 0 saturated carbocycles. The lowest BCUT2D eigenvalue weighted by Gasteiger charge is -1.98. The molecule has 0 fully saturated rings.